The molecule has 4 aromatic carbocycles. The standard InChI is InChI=1S/C43H48N2O9/c1-44-23-52-38-21-35-34-18-27(16-24-4-9-36-25(15-24)10-11-45-36)33-20-29(49)5-7-31(33)39(34)43-32(8-6-30(22-48)53-43)42(35)54-41(38)28-17-26(3-2-12-46)40(50)37(19-28)51-14-13-47/h4-5,7,9-11,15,17,19-20,27,30,38,41,44-50H,2-3,6,8,12-14,16,18,21-23H2,1H3/t27-,30+,38+,41+/m0/s1. The zero-order valence-corrected chi connectivity index (χ0v) is 30.4. The fourth-order valence-corrected chi connectivity index (χ4v) is 8.62. The molecule has 0 bridgehead atoms. The minimum Gasteiger partial charge on any atom is -0.508 e. The molecule has 0 fully saturated rings. The molecule has 11 heteroatoms. The topological polar surface area (TPSA) is 166 Å². The maximum atomic E-state index is 11.1. The van der Waals surface area contributed by atoms with E-state index in [2.05, 4.69) is 34.6 Å². The number of phenolic OH excluding ortho intramolecular Hbond substituents is 2. The van der Waals surface area contributed by atoms with E-state index in [4.69, 9.17) is 18.9 Å². The number of H-pyrrole nitrogens is 1. The Balaban J connectivity index is 1.28. The van der Waals surface area contributed by atoms with E-state index in [1.807, 2.05) is 31.4 Å². The summed E-state index contributed by atoms with van der Waals surface area (Å²) >= 11 is 0. The summed E-state index contributed by atoms with van der Waals surface area (Å²) in [6.07, 6.45) is 4.66. The van der Waals surface area contributed by atoms with Crippen LogP contribution in [0.4, 0.5) is 0 Å². The van der Waals surface area contributed by atoms with E-state index >= 15 is 0 Å². The van der Waals surface area contributed by atoms with Gasteiger partial charge in [0.25, 0.3) is 0 Å². The van der Waals surface area contributed by atoms with Gasteiger partial charge in [-0.25, -0.2) is 0 Å². The van der Waals surface area contributed by atoms with Crippen LogP contribution in [0.25, 0.3) is 22.0 Å². The van der Waals surface area contributed by atoms with E-state index in [1.54, 1.807) is 12.1 Å². The summed E-state index contributed by atoms with van der Waals surface area (Å²) in [4.78, 5) is 3.28. The molecule has 3 aliphatic rings. The summed E-state index contributed by atoms with van der Waals surface area (Å²) in [6.45, 7) is -0.0687. The Labute approximate surface area is 314 Å². The van der Waals surface area contributed by atoms with E-state index in [1.165, 1.54) is 5.56 Å². The third-order valence-electron chi connectivity index (χ3n) is 11.1. The van der Waals surface area contributed by atoms with Crippen LogP contribution in [0.3, 0.4) is 0 Å². The molecule has 0 radical (unpaired) electrons. The third-order valence-corrected chi connectivity index (χ3v) is 11.1. The van der Waals surface area contributed by atoms with Crippen LogP contribution in [0, 0.1) is 0 Å². The fourth-order valence-electron chi connectivity index (χ4n) is 8.62. The highest BCUT2D eigenvalue weighted by molar-refractivity contribution is 5.85. The Kier molecular flexibility index (Phi) is 10.4. The summed E-state index contributed by atoms with van der Waals surface area (Å²) in [6, 6.07) is 17.8. The summed E-state index contributed by atoms with van der Waals surface area (Å²) in [5.74, 6) is 1.94. The highest BCUT2D eigenvalue weighted by Crippen LogP contribution is 2.56. The summed E-state index contributed by atoms with van der Waals surface area (Å²) in [7, 11) is 1.83. The van der Waals surface area contributed by atoms with Crippen LogP contribution >= 0.6 is 0 Å². The second-order valence-corrected chi connectivity index (χ2v) is 14.6. The minimum atomic E-state index is -0.592. The molecular weight excluding hydrogens is 688 g/mol. The SMILES string of the molecule is CNCO[C@@H]1Cc2c3c(c4c(c2O[C@@H]1c1cc(CCCO)c(O)c(OCCO)c1)CC[C@H](CO)O4)-c1ccc(O)cc1[C@@H](Cc1ccc2[nH]ccc2c1)C3. The Bertz CT molecular complexity index is 2120. The molecule has 11 nitrogen and oxygen atoms in total. The van der Waals surface area contributed by atoms with Crippen molar-refractivity contribution in [2.45, 2.75) is 69.2 Å². The van der Waals surface area contributed by atoms with Crippen molar-refractivity contribution in [1.82, 2.24) is 10.3 Å². The van der Waals surface area contributed by atoms with Gasteiger partial charge in [-0.05, 0) is 133 Å². The normalized spacial score (nSPS) is 20.0. The van der Waals surface area contributed by atoms with Gasteiger partial charge >= 0.3 is 0 Å². The molecule has 0 saturated carbocycles. The van der Waals surface area contributed by atoms with Crippen molar-refractivity contribution < 1.29 is 44.5 Å². The Hall–Kier alpha value is -4.78. The van der Waals surface area contributed by atoms with Gasteiger partial charge in [-0.3, -0.25) is 5.32 Å². The van der Waals surface area contributed by atoms with Gasteiger partial charge in [0.1, 0.15) is 36.1 Å². The van der Waals surface area contributed by atoms with Crippen molar-refractivity contribution in [2.75, 3.05) is 40.2 Å². The number of aromatic amines is 1. The summed E-state index contributed by atoms with van der Waals surface area (Å²) in [5.41, 5.74) is 9.81. The highest BCUT2D eigenvalue weighted by Gasteiger charge is 2.42. The van der Waals surface area contributed by atoms with E-state index in [9.17, 15) is 25.5 Å². The van der Waals surface area contributed by atoms with E-state index in [0.717, 1.165) is 62.0 Å². The number of aromatic nitrogens is 1. The van der Waals surface area contributed by atoms with Crippen molar-refractivity contribution in [3.8, 4) is 39.9 Å². The van der Waals surface area contributed by atoms with Gasteiger partial charge in [0.2, 0.25) is 0 Å². The molecule has 4 atom stereocenters. The number of hydrogen-bond donors (Lipinski definition) is 7. The molecule has 0 saturated heterocycles. The molecule has 1 aliphatic carbocycles. The number of rotatable bonds is 13. The number of aliphatic hydroxyl groups excluding tert-OH is 3. The molecule has 54 heavy (non-hydrogen) atoms. The van der Waals surface area contributed by atoms with Crippen LogP contribution < -0.4 is 19.5 Å². The van der Waals surface area contributed by atoms with Crippen molar-refractivity contribution in [2.24, 2.45) is 0 Å². The largest absolute Gasteiger partial charge is 0.508 e. The average molecular weight is 737 g/mol. The smallest absolute Gasteiger partial charge is 0.161 e. The molecule has 0 spiro atoms. The molecule has 7 N–H and O–H groups in total. The maximum absolute atomic E-state index is 11.1. The zero-order valence-electron chi connectivity index (χ0n) is 30.4. The lowest BCUT2D eigenvalue weighted by Crippen LogP contribution is -2.37. The van der Waals surface area contributed by atoms with Crippen LogP contribution in [0.5, 0.6) is 28.7 Å². The first-order chi connectivity index (χ1) is 26.4. The molecule has 5 aromatic rings. The van der Waals surface area contributed by atoms with Crippen LogP contribution in [0.15, 0.2) is 60.8 Å². The van der Waals surface area contributed by atoms with Crippen molar-refractivity contribution in [1.29, 1.82) is 0 Å². The van der Waals surface area contributed by atoms with Gasteiger partial charge in [-0.15, -0.1) is 0 Å². The van der Waals surface area contributed by atoms with Crippen molar-refractivity contribution in [3.63, 3.8) is 0 Å². The first-order valence-electron chi connectivity index (χ1n) is 18.9. The number of fused-ring (bicyclic) bond motifs is 9. The minimum absolute atomic E-state index is 0.00691. The third kappa shape index (κ3) is 6.75. The Morgan fingerprint density at radius 2 is 1.80 bits per heavy atom. The molecule has 1 aromatic heterocycles. The van der Waals surface area contributed by atoms with Gasteiger partial charge in [-0.2, -0.15) is 0 Å². The summed E-state index contributed by atoms with van der Waals surface area (Å²) < 4.78 is 26.1. The molecule has 0 amide bonds. The number of aryl methyl sites for hydroxylation is 1. The van der Waals surface area contributed by atoms with Gasteiger partial charge < -0.3 is 49.5 Å². The molecule has 2 aliphatic heterocycles. The average Bonchev–Trinajstić information content (AvgIpc) is 3.67. The predicted molar refractivity (Wildman–Crippen MR) is 204 cm³/mol. The molecule has 3 heterocycles. The second-order valence-electron chi connectivity index (χ2n) is 14.6. The van der Waals surface area contributed by atoms with E-state index < -0.39 is 12.2 Å². The summed E-state index contributed by atoms with van der Waals surface area (Å²) in [5, 5.41) is 55.6. The number of phenols is 2. The quantitative estimate of drug-likeness (QED) is 0.0784. The van der Waals surface area contributed by atoms with Gasteiger partial charge in [0.05, 0.1) is 19.9 Å². The van der Waals surface area contributed by atoms with Gasteiger partial charge in [0, 0.05) is 41.4 Å². The lowest BCUT2D eigenvalue weighted by atomic mass is 9.72. The monoisotopic (exact) mass is 736 g/mol. The molecular formula is C43H48N2O9. The first-order valence-corrected chi connectivity index (χ1v) is 18.9. The number of hydrogen-bond acceptors (Lipinski definition) is 10. The van der Waals surface area contributed by atoms with Crippen molar-refractivity contribution >= 4 is 10.9 Å². The predicted octanol–water partition coefficient (Wildman–Crippen LogP) is 5.35. The lowest BCUT2D eigenvalue weighted by molar-refractivity contribution is -0.0437. The van der Waals surface area contributed by atoms with Crippen molar-refractivity contribution in [3.05, 3.63) is 99.7 Å². The van der Waals surface area contributed by atoms with E-state index in [-0.39, 0.29) is 62.4 Å². The zero-order chi connectivity index (χ0) is 37.3. The Morgan fingerprint density at radius 3 is 2.61 bits per heavy atom. The van der Waals surface area contributed by atoms with Gasteiger partial charge in [0.15, 0.2) is 17.6 Å². The van der Waals surface area contributed by atoms with Crippen LogP contribution in [-0.4, -0.2) is 82.9 Å². The molecule has 0 unspecified atom stereocenters. The first kappa shape index (κ1) is 36.2. The second kappa shape index (κ2) is 15.5. The fraction of sp³-hybridized carbons (Fsp3) is 0.395. The van der Waals surface area contributed by atoms with Crippen LogP contribution in [-0.2, 0) is 36.8 Å². The highest BCUT2D eigenvalue weighted by atomic mass is 16.6. The number of aliphatic hydroxyl groups is 3. The Morgan fingerprint density at radius 1 is 0.907 bits per heavy atom. The lowest BCUT2D eigenvalue weighted by Gasteiger charge is -2.41. The van der Waals surface area contributed by atoms with E-state index in [0.29, 0.717) is 49.8 Å². The number of ether oxygens (including phenoxy) is 4. The number of aromatic hydroxyl groups is 2. The molecule has 8 rings (SSSR count). The number of nitrogens with one attached hydrogen (secondary N) is 2. The molecule has 284 valence electrons. The maximum Gasteiger partial charge on any atom is 0.161 e. The van der Waals surface area contributed by atoms with Gasteiger partial charge in [-0.1, -0.05) is 12.1 Å². The number of benzene rings is 4. The van der Waals surface area contributed by atoms with Crippen LogP contribution in [0.2, 0.25) is 0 Å². The van der Waals surface area contributed by atoms with Crippen LogP contribution in [0.1, 0.15) is 63.8 Å².